The molecule has 2 aliphatic rings. The van der Waals surface area contributed by atoms with Crippen LogP contribution in [0.4, 0.5) is 4.79 Å². The summed E-state index contributed by atoms with van der Waals surface area (Å²) in [6.45, 7) is 10.2. The number of amides is 1. The molecule has 11 heteroatoms. The topological polar surface area (TPSA) is 100 Å². The third kappa shape index (κ3) is 5.31. The highest BCUT2D eigenvalue weighted by Crippen LogP contribution is 2.34. The van der Waals surface area contributed by atoms with Crippen molar-refractivity contribution in [2.24, 2.45) is 5.92 Å². The van der Waals surface area contributed by atoms with Gasteiger partial charge in [-0.1, -0.05) is 11.6 Å². The fraction of sp³-hybridized carbons (Fsp3) is 0.538. The Morgan fingerprint density at radius 1 is 1.24 bits per heavy atom. The molecule has 1 amide bonds. The quantitative estimate of drug-likeness (QED) is 0.493. The van der Waals surface area contributed by atoms with E-state index in [0.717, 1.165) is 28.9 Å². The number of carbonyl (C=O) groups excluding carboxylic acids is 2. The van der Waals surface area contributed by atoms with E-state index in [1.165, 1.54) is 0 Å². The second-order valence-electron chi connectivity index (χ2n) is 10.6. The maximum Gasteiger partial charge on any atom is 0.410 e. The molecule has 5 rings (SSSR count). The van der Waals surface area contributed by atoms with Gasteiger partial charge in [0, 0.05) is 49.5 Å². The average molecular weight is 530 g/mol. The number of Topliss-reactive ketones (excluding diaryl/α,β-unsaturated/α-hetero) is 1. The number of carbonyl (C=O) groups is 2. The summed E-state index contributed by atoms with van der Waals surface area (Å²) in [6, 6.07) is 1.86. The van der Waals surface area contributed by atoms with Crippen molar-refractivity contribution in [3.63, 3.8) is 0 Å². The molecule has 1 unspecified atom stereocenters. The van der Waals surface area contributed by atoms with Gasteiger partial charge in [-0.15, -0.1) is 0 Å². The number of hydrogen-bond acceptors (Lipinski definition) is 7. The lowest BCUT2D eigenvalue weighted by atomic mass is 10.0. The van der Waals surface area contributed by atoms with Gasteiger partial charge in [0.1, 0.15) is 23.5 Å². The number of hydrogen-bond donors (Lipinski definition) is 0. The van der Waals surface area contributed by atoms with Gasteiger partial charge in [0.25, 0.3) is 0 Å². The lowest BCUT2D eigenvalue weighted by molar-refractivity contribution is -0.124. The Morgan fingerprint density at radius 3 is 2.78 bits per heavy atom. The number of ether oxygens (including phenoxy) is 3. The Bertz CT molecular complexity index is 1340. The van der Waals surface area contributed by atoms with Gasteiger partial charge in [-0.25, -0.2) is 9.31 Å². The first-order valence-corrected chi connectivity index (χ1v) is 12.9. The number of ketones is 1. The molecule has 0 aromatic carbocycles. The molecule has 3 aromatic heterocycles. The lowest BCUT2D eigenvalue weighted by Crippen LogP contribution is -2.38. The van der Waals surface area contributed by atoms with Crippen molar-refractivity contribution >= 4 is 29.0 Å². The van der Waals surface area contributed by atoms with Crippen LogP contribution in [-0.2, 0) is 27.2 Å². The second-order valence-corrected chi connectivity index (χ2v) is 11.0. The van der Waals surface area contributed by atoms with Crippen molar-refractivity contribution in [3.05, 3.63) is 34.7 Å². The molecular formula is C26H32ClN5O5. The third-order valence-corrected chi connectivity index (χ3v) is 7.01. The Hall–Kier alpha value is -3.11. The van der Waals surface area contributed by atoms with Gasteiger partial charge < -0.3 is 19.1 Å². The first-order valence-electron chi connectivity index (χ1n) is 12.6. The summed E-state index contributed by atoms with van der Waals surface area (Å²) < 4.78 is 20.5. The van der Waals surface area contributed by atoms with Crippen LogP contribution in [0, 0.1) is 12.8 Å². The van der Waals surface area contributed by atoms with Gasteiger partial charge in [-0.2, -0.15) is 10.2 Å². The van der Waals surface area contributed by atoms with E-state index >= 15 is 0 Å². The number of nitrogens with zero attached hydrogens (tertiary/aromatic N) is 5. The number of halogens is 1. The summed E-state index contributed by atoms with van der Waals surface area (Å²) in [5.41, 5.74) is 3.76. The highest BCUT2D eigenvalue weighted by atomic mass is 35.5. The summed E-state index contributed by atoms with van der Waals surface area (Å²) >= 11 is 6.40. The Balaban J connectivity index is 1.39. The van der Waals surface area contributed by atoms with Gasteiger partial charge in [0.2, 0.25) is 0 Å². The molecule has 5 heterocycles. The number of aromatic nitrogens is 4. The molecule has 10 nitrogen and oxygen atoms in total. The first-order chi connectivity index (χ1) is 17.6. The lowest BCUT2D eigenvalue weighted by Gasteiger charge is -2.26. The van der Waals surface area contributed by atoms with E-state index in [1.807, 2.05) is 44.6 Å². The summed E-state index contributed by atoms with van der Waals surface area (Å²) in [6.07, 6.45) is 4.49. The number of rotatable bonds is 5. The number of fused-ring (bicyclic) bond motifs is 2. The van der Waals surface area contributed by atoms with E-state index in [9.17, 15) is 9.59 Å². The van der Waals surface area contributed by atoms with E-state index in [-0.39, 0.29) is 24.4 Å². The van der Waals surface area contributed by atoms with Crippen molar-refractivity contribution in [1.82, 2.24) is 24.3 Å². The minimum Gasteiger partial charge on any atom is -0.483 e. The van der Waals surface area contributed by atoms with E-state index in [0.29, 0.717) is 55.6 Å². The van der Waals surface area contributed by atoms with Crippen molar-refractivity contribution in [3.8, 4) is 17.0 Å². The van der Waals surface area contributed by atoms with Crippen LogP contribution >= 0.6 is 11.6 Å². The van der Waals surface area contributed by atoms with Crippen LogP contribution in [0.1, 0.15) is 38.4 Å². The van der Waals surface area contributed by atoms with Gasteiger partial charge in [-0.05, 0) is 45.7 Å². The van der Waals surface area contributed by atoms with Crippen LogP contribution in [-0.4, -0.2) is 74.7 Å². The molecular weight excluding hydrogens is 498 g/mol. The molecule has 1 fully saturated rings. The van der Waals surface area contributed by atoms with Gasteiger partial charge in [-0.3, -0.25) is 9.48 Å². The fourth-order valence-electron chi connectivity index (χ4n) is 4.78. The molecule has 0 saturated carbocycles. The molecule has 37 heavy (non-hydrogen) atoms. The first kappa shape index (κ1) is 25.5. The van der Waals surface area contributed by atoms with E-state index < -0.39 is 5.60 Å². The zero-order chi connectivity index (χ0) is 26.3. The zero-order valence-corrected chi connectivity index (χ0v) is 22.4. The van der Waals surface area contributed by atoms with Crippen LogP contribution in [0.2, 0.25) is 5.02 Å². The fourth-order valence-corrected chi connectivity index (χ4v) is 5.01. The number of pyridine rings is 1. The van der Waals surface area contributed by atoms with Gasteiger partial charge >= 0.3 is 6.09 Å². The predicted molar refractivity (Wildman–Crippen MR) is 137 cm³/mol. The molecule has 0 radical (unpaired) electrons. The van der Waals surface area contributed by atoms with Gasteiger partial charge in [0.15, 0.2) is 5.78 Å². The monoisotopic (exact) mass is 529 g/mol. The summed E-state index contributed by atoms with van der Waals surface area (Å²) in [4.78, 5) is 26.9. The van der Waals surface area contributed by atoms with Crippen LogP contribution < -0.4 is 4.74 Å². The van der Waals surface area contributed by atoms with Crippen molar-refractivity contribution in [2.75, 3.05) is 32.9 Å². The average Bonchev–Trinajstić information content (AvgIpc) is 3.53. The van der Waals surface area contributed by atoms with E-state index in [2.05, 4.69) is 5.10 Å². The molecule has 0 N–H and O–H groups in total. The zero-order valence-electron chi connectivity index (χ0n) is 21.6. The maximum absolute atomic E-state index is 12.6. The highest BCUT2D eigenvalue weighted by Gasteiger charge is 2.28. The molecule has 0 aliphatic carbocycles. The maximum atomic E-state index is 12.6. The standard InChI is InChI=1S/C26H32ClN5O5/c1-16-20-5-7-30(25(34)37-26(2,3)4)8-9-31(20)29-23(16)18-11-22(24-19(27)12-28-32(24)13-18)36-15-21(33)17-6-10-35-14-17/h11-13,17H,5-10,14-15H2,1-4H3. The summed E-state index contributed by atoms with van der Waals surface area (Å²) in [5, 5.41) is 9.69. The Labute approximate surface area is 220 Å². The minimum atomic E-state index is -0.538. The second kappa shape index (κ2) is 9.98. The van der Waals surface area contributed by atoms with E-state index in [4.69, 9.17) is 30.9 Å². The summed E-state index contributed by atoms with van der Waals surface area (Å²) in [7, 11) is 0. The van der Waals surface area contributed by atoms with Crippen molar-refractivity contribution in [1.29, 1.82) is 0 Å². The smallest absolute Gasteiger partial charge is 0.410 e. The van der Waals surface area contributed by atoms with Gasteiger partial charge in [0.05, 0.1) is 30.1 Å². The normalized spacial score (nSPS) is 18.1. The molecule has 2 aliphatic heterocycles. The third-order valence-electron chi connectivity index (χ3n) is 6.73. The molecule has 198 valence electrons. The molecule has 3 aromatic rings. The molecule has 1 atom stereocenters. The van der Waals surface area contributed by atoms with E-state index in [1.54, 1.807) is 15.6 Å². The van der Waals surface area contributed by atoms with Crippen molar-refractivity contribution < 1.29 is 23.8 Å². The molecule has 0 bridgehead atoms. The van der Waals surface area contributed by atoms with Crippen molar-refractivity contribution in [2.45, 2.75) is 52.7 Å². The minimum absolute atomic E-state index is 0.0103. The largest absolute Gasteiger partial charge is 0.483 e. The Morgan fingerprint density at radius 2 is 2.05 bits per heavy atom. The molecule has 0 spiro atoms. The highest BCUT2D eigenvalue weighted by molar-refractivity contribution is 6.34. The van der Waals surface area contributed by atoms with Crippen LogP contribution in [0.5, 0.6) is 5.75 Å². The Kier molecular flexibility index (Phi) is 6.89. The summed E-state index contributed by atoms with van der Waals surface area (Å²) in [5.74, 6) is 0.355. The van der Waals surface area contributed by atoms with Crippen LogP contribution in [0.3, 0.4) is 0 Å². The predicted octanol–water partition coefficient (Wildman–Crippen LogP) is 3.94. The van der Waals surface area contributed by atoms with Crippen LogP contribution in [0.25, 0.3) is 16.8 Å². The SMILES string of the molecule is Cc1c(-c2cc(OCC(=O)C3CCOC3)c3c(Cl)cnn3c2)nn2c1CCN(C(=O)OC(C)(C)C)CC2. The van der Waals surface area contributed by atoms with Crippen LogP contribution in [0.15, 0.2) is 18.5 Å². The molecule has 1 saturated heterocycles.